The second-order valence-electron chi connectivity index (χ2n) is 2.58. The highest BCUT2D eigenvalue weighted by Crippen LogP contribution is 2.07. The standard InChI is InChI=1S/C9H13NO2/c1-2-6-12-9(11)8-4-3-5-10-7-8/h3,5,7,10H,2,4,6H2,1H3. The third-order valence-corrected chi connectivity index (χ3v) is 1.51. The predicted molar refractivity (Wildman–Crippen MR) is 46.2 cm³/mol. The van der Waals surface area contributed by atoms with Gasteiger partial charge < -0.3 is 10.1 Å². The van der Waals surface area contributed by atoms with Crippen molar-refractivity contribution < 1.29 is 9.53 Å². The quantitative estimate of drug-likeness (QED) is 0.644. The van der Waals surface area contributed by atoms with Gasteiger partial charge in [-0.15, -0.1) is 0 Å². The Hall–Kier alpha value is -1.25. The van der Waals surface area contributed by atoms with Crippen molar-refractivity contribution in [2.75, 3.05) is 6.61 Å². The molecule has 1 rings (SSSR count). The van der Waals surface area contributed by atoms with E-state index in [-0.39, 0.29) is 5.97 Å². The molecule has 1 aliphatic heterocycles. The van der Waals surface area contributed by atoms with Crippen LogP contribution in [-0.2, 0) is 9.53 Å². The molecule has 0 amide bonds. The van der Waals surface area contributed by atoms with Crippen LogP contribution in [0.25, 0.3) is 0 Å². The molecule has 0 atom stereocenters. The maximum atomic E-state index is 11.2. The van der Waals surface area contributed by atoms with Crippen molar-refractivity contribution in [2.45, 2.75) is 19.8 Å². The zero-order chi connectivity index (χ0) is 8.81. The van der Waals surface area contributed by atoms with Crippen LogP contribution in [0.3, 0.4) is 0 Å². The lowest BCUT2D eigenvalue weighted by Crippen LogP contribution is -2.13. The molecule has 0 aromatic carbocycles. The summed E-state index contributed by atoms with van der Waals surface area (Å²) in [5.41, 5.74) is 0.686. The fourth-order valence-electron chi connectivity index (χ4n) is 0.891. The van der Waals surface area contributed by atoms with E-state index in [2.05, 4.69) is 5.32 Å². The highest BCUT2D eigenvalue weighted by molar-refractivity contribution is 5.88. The average molecular weight is 167 g/mol. The van der Waals surface area contributed by atoms with Gasteiger partial charge in [0.2, 0.25) is 0 Å². The summed E-state index contributed by atoms with van der Waals surface area (Å²) in [5.74, 6) is -0.214. The lowest BCUT2D eigenvalue weighted by atomic mass is 10.2. The van der Waals surface area contributed by atoms with E-state index in [0.29, 0.717) is 18.6 Å². The topological polar surface area (TPSA) is 38.3 Å². The van der Waals surface area contributed by atoms with Gasteiger partial charge in [0.15, 0.2) is 0 Å². The Bertz CT molecular complexity index is 219. The van der Waals surface area contributed by atoms with Crippen LogP contribution in [0.5, 0.6) is 0 Å². The van der Waals surface area contributed by atoms with Crippen molar-refractivity contribution in [2.24, 2.45) is 0 Å². The number of carbonyl (C=O) groups excluding carboxylic acids is 1. The smallest absolute Gasteiger partial charge is 0.335 e. The summed E-state index contributed by atoms with van der Waals surface area (Å²) in [6.07, 6.45) is 6.90. The zero-order valence-electron chi connectivity index (χ0n) is 7.17. The molecular weight excluding hydrogens is 154 g/mol. The van der Waals surface area contributed by atoms with E-state index in [1.165, 1.54) is 0 Å². The second kappa shape index (κ2) is 4.59. The van der Waals surface area contributed by atoms with E-state index in [0.717, 1.165) is 6.42 Å². The first-order chi connectivity index (χ1) is 5.84. The van der Waals surface area contributed by atoms with Gasteiger partial charge in [0.05, 0.1) is 12.2 Å². The number of hydrogen-bond donors (Lipinski definition) is 1. The minimum atomic E-state index is -0.214. The van der Waals surface area contributed by atoms with Gasteiger partial charge >= 0.3 is 5.97 Å². The largest absolute Gasteiger partial charge is 0.462 e. The molecular formula is C9H13NO2. The average Bonchev–Trinajstić information content (AvgIpc) is 2.15. The number of esters is 1. The molecule has 0 bridgehead atoms. The lowest BCUT2D eigenvalue weighted by Gasteiger charge is -2.08. The van der Waals surface area contributed by atoms with Crippen LogP contribution in [-0.4, -0.2) is 12.6 Å². The van der Waals surface area contributed by atoms with Crippen molar-refractivity contribution in [3.63, 3.8) is 0 Å². The number of allylic oxidation sites excluding steroid dienone is 1. The number of hydrogen-bond acceptors (Lipinski definition) is 3. The molecule has 3 nitrogen and oxygen atoms in total. The Kier molecular flexibility index (Phi) is 3.38. The first-order valence-corrected chi connectivity index (χ1v) is 4.12. The van der Waals surface area contributed by atoms with Gasteiger partial charge in [0.25, 0.3) is 0 Å². The fraction of sp³-hybridized carbons (Fsp3) is 0.444. The molecule has 3 heteroatoms. The Morgan fingerprint density at radius 2 is 2.58 bits per heavy atom. The number of nitrogens with one attached hydrogen (secondary N) is 1. The Morgan fingerprint density at radius 1 is 1.75 bits per heavy atom. The normalized spacial score (nSPS) is 14.9. The van der Waals surface area contributed by atoms with Crippen LogP contribution in [0.2, 0.25) is 0 Å². The van der Waals surface area contributed by atoms with E-state index in [1.54, 1.807) is 12.4 Å². The first-order valence-electron chi connectivity index (χ1n) is 4.12. The van der Waals surface area contributed by atoms with E-state index in [9.17, 15) is 4.79 Å². The molecule has 1 N–H and O–H groups in total. The molecule has 66 valence electrons. The van der Waals surface area contributed by atoms with Crippen molar-refractivity contribution in [3.05, 3.63) is 24.0 Å². The van der Waals surface area contributed by atoms with Gasteiger partial charge in [-0.25, -0.2) is 4.79 Å². The van der Waals surface area contributed by atoms with Crippen LogP contribution in [0.1, 0.15) is 19.8 Å². The van der Waals surface area contributed by atoms with E-state index in [1.807, 2.05) is 13.0 Å². The van der Waals surface area contributed by atoms with Crippen LogP contribution in [0, 0.1) is 0 Å². The van der Waals surface area contributed by atoms with Crippen molar-refractivity contribution in [1.82, 2.24) is 5.32 Å². The number of rotatable bonds is 3. The lowest BCUT2D eigenvalue weighted by molar-refractivity contribution is -0.139. The summed E-state index contributed by atoms with van der Waals surface area (Å²) >= 11 is 0. The van der Waals surface area contributed by atoms with Crippen molar-refractivity contribution >= 4 is 5.97 Å². The Balaban J connectivity index is 2.36. The first kappa shape index (κ1) is 8.84. The van der Waals surface area contributed by atoms with Crippen LogP contribution < -0.4 is 5.32 Å². The monoisotopic (exact) mass is 167 g/mol. The SMILES string of the molecule is CCCOC(=O)C1=CNC=CC1. The zero-order valence-corrected chi connectivity index (χ0v) is 7.17. The maximum absolute atomic E-state index is 11.2. The van der Waals surface area contributed by atoms with Gasteiger partial charge in [-0.3, -0.25) is 0 Å². The van der Waals surface area contributed by atoms with Gasteiger partial charge in [0.1, 0.15) is 0 Å². The molecule has 1 heterocycles. The van der Waals surface area contributed by atoms with Gasteiger partial charge in [0, 0.05) is 12.6 Å². The molecule has 1 aliphatic rings. The number of dihydropyridines is 1. The number of carbonyl (C=O) groups is 1. The van der Waals surface area contributed by atoms with E-state index >= 15 is 0 Å². The Morgan fingerprint density at radius 3 is 3.17 bits per heavy atom. The highest BCUT2D eigenvalue weighted by atomic mass is 16.5. The summed E-state index contributed by atoms with van der Waals surface area (Å²) in [6, 6.07) is 0. The molecule has 0 spiro atoms. The summed E-state index contributed by atoms with van der Waals surface area (Å²) in [6.45, 7) is 2.47. The van der Waals surface area contributed by atoms with Gasteiger partial charge in [-0.2, -0.15) is 0 Å². The van der Waals surface area contributed by atoms with Crippen LogP contribution >= 0.6 is 0 Å². The molecule has 0 unspecified atom stereocenters. The third-order valence-electron chi connectivity index (χ3n) is 1.51. The fourth-order valence-corrected chi connectivity index (χ4v) is 0.891. The van der Waals surface area contributed by atoms with Crippen LogP contribution in [0.15, 0.2) is 24.0 Å². The third kappa shape index (κ3) is 2.42. The molecule has 0 aromatic rings. The minimum Gasteiger partial charge on any atom is -0.462 e. The molecule has 0 saturated carbocycles. The second-order valence-corrected chi connectivity index (χ2v) is 2.58. The van der Waals surface area contributed by atoms with Crippen molar-refractivity contribution in [3.8, 4) is 0 Å². The molecule has 0 aromatic heterocycles. The highest BCUT2D eigenvalue weighted by Gasteiger charge is 2.09. The van der Waals surface area contributed by atoms with Crippen molar-refractivity contribution in [1.29, 1.82) is 0 Å². The predicted octanol–water partition coefficient (Wildman–Crippen LogP) is 1.33. The summed E-state index contributed by atoms with van der Waals surface area (Å²) in [7, 11) is 0. The molecule has 0 saturated heterocycles. The van der Waals surface area contributed by atoms with Gasteiger partial charge in [-0.05, 0) is 12.6 Å². The molecule has 0 radical (unpaired) electrons. The maximum Gasteiger partial charge on any atom is 0.335 e. The van der Waals surface area contributed by atoms with Gasteiger partial charge in [-0.1, -0.05) is 13.0 Å². The van der Waals surface area contributed by atoms with Crippen LogP contribution in [0.4, 0.5) is 0 Å². The molecule has 0 fully saturated rings. The molecule has 12 heavy (non-hydrogen) atoms. The summed E-state index contributed by atoms with van der Waals surface area (Å²) < 4.78 is 4.95. The summed E-state index contributed by atoms with van der Waals surface area (Å²) in [5, 5.41) is 2.85. The molecule has 0 aliphatic carbocycles. The number of ether oxygens (including phenoxy) is 1. The Labute approximate surface area is 72.1 Å². The van der Waals surface area contributed by atoms with E-state index in [4.69, 9.17) is 4.74 Å². The minimum absolute atomic E-state index is 0.214. The summed E-state index contributed by atoms with van der Waals surface area (Å²) in [4.78, 5) is 11.2. The van der Waals surface area contributed by atoms with E-state index < -0.39 is 0 Å².